The highest BCUT2D eigenvalue weighted by molar-refractivity contribution is 5.94. The number of esters is 1. The topological polar surface area (TPSA) is 64.4 Å². The minimum Gasteiger partial charge on any atom is -0.466 e. The van der Waals surface area contributed by atoms with Crippen LogP contribution in [0.4, 0.5) is 4.39 Å². The van der Waals surface area contributed by atoms with Gasteiger partial charge in [-0.2, -0.15) is 0 Å². The highest BCUT2D eigenvalue weighted by atomic mass is 19.1. The van der Waals surface area contributed by atoms with E-state index in [1.54, 1.807) is 24.2 Å². The number of nitrogens with zero attached hydrogens (tertiary/aromatic N) is 3. The Hall–Kier alpha value is -2.44. The first-order chi connectivity index (χ1) is 11.6. The lowest BCUT2D eigenvalue weighted by molar-refractivity contribution is -0.149. The van der Waals surface area contributed by atoms with Crippen molar-refractivity contribution in [1.82, 2.24) is 14.5 Å². The Kier molecular flexibility index (Phi) is 4.78. The number of carbonyl (C=O) groups excluding carboxylic acids is 2. The van der Waals surface area contributed by atoms with Gasteiger partial charge >= 0.3 is 5.97 Å². The Morgan fingerprint density at radius 2 is 2.08 bits per heavy atom. The molecule has 0 unspecified atom stereocenters. The Bertz CT molecular complexity index is 751. The van der Waals surface area contributed by atoms with E-state index < -0.39 is 5.97 Å². The summed E-state index contributed by atoms with van der Waals surface area (Å²) in [7, 11) is 0. The first kappa shape index (κ1) is 16.4. The Labute approximate surface area is 139 Å². The molecule has 2 aromatic rings. The molecule has 3 rings (SSSR count). The summed E-state index contributed by atoms with van der Waals surface area (Å²) < 4.78 is 20.3. The second-order valence-electron chi connectivity index (χ2n) is 5.88. The lowest BCUT2D eigenvalue weighted by Crippen LogP contribution is -2.40. The van der Waals surface area contributed by atoms with Gasteiger partial charge in [0, 0.05) is 19.1 Å². The van der Waals surface area contributed by atoms with Crippen molar-refractivity contribution < 1.29 is 18.7 Å². The lowest BCUT2D eigenvalue weighted by Gasteiger charge is -2.32. The maximum absolute atomic E-state index is 13.5. The average Bonchev–Trinajstić information content (AvgIpc) is 2.98. The van der Waals surface area contributed by atoms with Crippen LogP contribution >= 0.6 is 0 Å². The van der Waals surface area contributed by atoms with E-state index in [-0.39, 0.29) is 30.8 Å². The van der Waals surface area contributed by atoms with Crippen molar-refractivity contribution in [3.8, 4) is 0 Å². The summed E-state index contributed by atoms with van der Waals surface area (Å²) in [6.07, 6.45) is 3.01. The molecular weight excluding hydrogens is 313 g/mol. The van der Waals surface area contributed by atoms with Crippen LogP contribution in [0.15, 0.2) is 24.5 Å². The molecule has 0 N–H and O–H groups in total. The average molecular weight is 333 g/mol. The van der Waals surface area contributed by atoms with Crippen LogP contribution in [0.25, 0.3) is 11.0 Å². The molecule has 1 aromatic carbocycles. The molecule has 24 heavy (non-hydrogen) atoms. The Morgan fingerprint density at radius 3 is 2.79 bits per heavy atom. The lowest BCUT2D eigenvalue weighted by atomic mass is 10.0. The van der Waals surface area contributed by atoms with E-state index in [9.17, 15) is 14.0 Å². The van der Waals surface area contributed by atoms with Crippen molar-refractivity contribution in [3.05, 3.63) is 30.3 Å². The first-order valence-corrected chi connectivity index (χ1v) is 8.14. The predicted octanol–water partition coefficient (Wildman–Crippen LogP) is 2.29. The highest BCUT2D eigenvalue weighted by Gasteiger charge is 2.26. The van der Waals surface area contributed by atoms with Crippen LogP contribution in [0.3, 0.4) is 0 Å². The summed E-state index contributed by atoms with van der Waals surface area (Å²) in [5.41, 5.74) is 1.53. The quantitative estimate of drug-likeness (QED) is 0.636. The Morgan fingerprint density at radius 1 is 1.33 bits per heavy atom. The maximum atomic E-state index is 13.5. The van der Waals surface area contributed by atoms with Crippen LogP contribution in [0.1, 0.15) is 32.2 Å². The fourth-order valence-corrected chi connectivity index (χ4v) is 3.13. The van der Waals surface area contributed by atoms with Crippen LogP contribution in [0.5, 0.6) is 0 Å². The molecule has 128 valence electrons. The Balaban J connectivity index is 1.63. The van der Waals surface area contributed by atoms with Crippen molar-refractivity contribution in [2.45, 2.75) is 32.2 Å². The molecule has 6 nitrogen and oxygen atoms in total. The zero-order chi connectivity index (χ0) is 17.1. The highest BCUT2D eigenvalue weighted by Crippen LogP contribution is 2.27. The molecule has 0 atom stereocenters. The normalized spacial score (nSPS) is 15.7. The second-order valence-corrected chi connectivity index (χ2v) is 5.88. The number of benzene rings is 1. The van der Waals surface area contributed by atoms with Gasteiger partial charge in [-0.3, -0.25) is 9.59 Å². The SMILES string of the molecule is CCOC(=O)CC(=O)N1CCC(n2cnc3ccc(F)cc32)CC1. The summed E-state index contributed by atoms with van der Waals surface area (Å²) in [4.78, 5) is 29.5. The molecular formula is C17H20FN3O3. The van der Waals surface area contributed by atoms with E-state index in [0.717, 1.165) is 23.9 Å². The van der Waals surface area contributed by atoms with Gasteiger partial charge in [0.2, 0.25) is 5.91 Å². The molecule has 1 saturated heterocycles. The van der Waals surface area contributed by atoms with Crippen molar-refractivity contribution in [2.24, 2.45) is 0 Å². The molecule has 0 saturated carbocycles. The molecule has 0 aliphatic carbocycles. The third kappa shape index (κ3) is 3.39. The fraction of sp³-hybridized carbons (Fsp3) is 0.471. The molecule has 0 bridgehead atoms. The van der Waals surface area contributed by atoms with Gasteiger partial charge in [0.05, 0.1) is 24.0 Å². The van der Waals surface area contributed by atoms with Crippen molar-refractivity contribution in [2.75, 3.05) is 19.7 Å². The third-order valence-corrected chi connectivity index (χ3v) is 4.35. The van der Waals surface area contributed by atoms with Gasteiger partial charge in [-0.25, -0.2) is 9.37 Å². The van der Waals surface area contributed by atoms with E-state index in [2.05, 4.69) is 4.98 Å². The number of fused-ring (bicyclic) bond motifs is 1. The van der Waals surface area contributed by atoms with E-state index in [0.29, 0.717) is 13.1 Å². The number of rotatable bonds is 4. The second kappa shape index (κ2) is 6.98. The van der Waals surface area contributed by atoms with Gasteiger partial charge in [0.1, 0.15) is 12.2 Å². The molecule has 1 aliphatic heterocycles. The van der Waals surface area contributed by atoms with Gasteiger partial charge in [0.25, 0.3) is 0 Å². The predicted molar refractivity (Wildman–Crippen MR) is 85.8 cm³/mol. The molecule has 2 heterocycles. The maximum Gasteiger partial charge on any atom is 0.315 e. The summed E-state index contributed by atoms with van der Waals surface area (Å²) in [5.74, 6) is -0.972. The van der Waals surface area contributed by atoms with Crippen LogP contribution in [-0.2, 0) is 14.3 Å². The van der Waals surface area contributed by atoms with E-state index >= 15 is 0 Å². The summed E-state index contributed by atoms with van der Waals surface area (Å²) in [6, 6.07) is 4.72. The summed E-state index contributed by atoms with van der Waals surface area (Å²) in [5, 5.41) is 0. The van der Waals surface area contributed by atoms with E-state index in [4.69, 9.17) is 4.74 Å². The molecule has 1 aliphatic rings. The van der Waals surface area contributed by atoms with Crippen molar-refractivity contribution in [1.29, 1.82) is 0 Å². The molecule has 1 aromatic heterocycles. The number of hydrogen-bond donors (Lipinski definition) is 0. The van der Waals surface area contributed by atoms with Crippen LogP contribution in [-0.4, -0.2) is 46.0 Å². The number of likely N-dealkylation sites (tertiary alicyclic amines) is 1. The van der Waals surface area contributed by atoms with Gasteiger partial charge in [-0.1, -0.05) is 0 Å². The zero-order valence-electron chi connectivity index (χ0n) is 13.6. The number of hydrogen-bond acceptors (Lipinski definition) is 4. The van der Waals surface area contributed by atoms with Crippen molar-refractivity contribution in [3.63, 3.8) is 0 Å². The molecule has 1 amide bonds. The zero-order valence-corrected chi connectivity index (χ0v) is 13.6. The minimum atomic E-state index is -0.485. The van der Waals surface area contributed by atoms with Crippen LogP contribution in [0.2, 0.25) is 0 Å². The number of imidazole rings is 1. The number of halogens is 1. The van der Waals surface area contributed by atoms with Crippen LogP contribution in [0, 0.1) is 5.82 Å². The van der Waals surface area contributed by atoms with E-state index in [1.807, 2.05) is 4.57 Å². The third-order valence-electron chi connectivity index (χ3n) is 4.35. The number of aromatic nitrogens is 2. The van der Waals surface area contributed by atoms with Gasteiger partial charge in [-0.05, 0) is 38.0 Å². The first-order valence-electron chi connectivity index (χ1n) is 8.14. The smallest absolute Gasteiger partial charge is 0.315 e. The largest absolute Gasteiger partial charge is 0.466 e. The number of amides is 1. The molecule has 1 fully saturated rings. The van der Waals surface area contributed by atoms with Crippen molar-refractivity contribution >= 4 is 22.9 Å². The number of ether oxygens (including phenoxy) is 1. The van der Waals surface area contributed by atoms with Crippen LogP contribution < -0.4 is 0 Å². The number of carbonyl (C=O) groups is 2. The van der Waals surface area contributed by atoms with Gasteiger partial charge < -0.3 is 14.2 Å². The summed E-state index contributed by atoms with van der Waals surface area (Å²) in [6.45, 7) is 3.13. The molecule has 7 heteroatoms. The fourth-order valence-electron chi connectivity index (χ4n) is 3.13. The number of piperidine rings is 1. The standard InChI is InChI=1S/C17H20FN3O3/c1-2-24-17(23)10-16(22)20-7-5-13(6-8-20)21-11-19-14-4-3-12(18)9-15(14)21/h3-4,9,11,13H,2,5-8,10H2,1H3. The summed E-state index contributed by atoms with van der Waals surface area (Å²) >= 11 is 0. The molecule has 0 radical (unpaired) electrons. The molecule has 0 spiro atoms. The van der Waals surface area contributed by atoms with E-state index in [1.165, 1.54) is 12.1 Å². The minimum absolute atomic E-state index is 0.170. The van der Waals surface area contributed by atoms with Gasteiger partial charge in [-0.15, -0.1) is 0 Å². The monoisotopic (exact) mass is 333 g/mol. The van der Waals surface area contributed by atoms with Gasteiger partial charge in [0.15, 0.2) is 0 Å².